The fourth-order valence-electron chi connectivity index (χ4n) is 2.75. The van der Waals surface area contributed by atoms with Crippen LogP contribution in [0, 0.1) is 0 Å². The van der Waals surface area contributed by atoms with Gasteiger partial charge in [-0.2, -0.15) is 0 Å². The normalized spacial score (nSPS) is 15.0. The van der Waals surface area contributed by atoms with Gasteiger partial charge in [0, 0.05) is 45.0 Å². The molecule has 2 rings (SSSR count). The van der Waals surface area contributed by atoms with Crippen LogP contribution in [0.4, 0.5) is 5.69 Å². The molecule has 7 heteroatoms. The standard InChI is InChI=1S/C17H27N5O.HI/c1-3-20(4-2)17(18)19-14-16(23)22-12-10-21(11-13-22)15-8-6-5-7-9-15;/h5-9H,3-4,10-14H2,1-2H3,(H2,18,19);1H. The maximum atomic E-state index is 12.3. The van der Waals surface area contributed by atoms with E-state index in [1.807, 2.05) is 41.8 Å². The van der Waals surface area contributed by atoms with E-state index >= 15 is 0 Å². The topological polar surface area (TPSA) is 65.2 Å². The van der Waals surface area contributed by atoms with Crippen LogP contribution in [0.2, 0.25) is 0 Å². The molecule has 1 fully saturated rings. The van der Waals surface area contributed by atoms with Crippen molar-refractivity contribution in [1.82, 2.24) is 9.80 Å². The molecular weight excluding hydrogens is 417 g/mol. The van der Waals surface area contributed by atoms with Gasteiger partial charge < -0.3 is 20.4 Å². The van der Waals surface area contributed by atoms with E-state index in [4.69, 9.17) is 5.73 Å². The zero-order valence-electron chi connectivity index (χ0n) is 14.5. The van der Waals surface area contributed by atoms with Gasteiger partial charge in [-0.3, -0.25) is 4.79 Å². The number of piperazine rings is 1. The largest absolute Gasteiger partial charge is 0.370 e. The van der Waals surface area contributed by atoms with Gasteiger partial charge in [0.05, 0.1) is 0 Å². The van der Waals surface area contributed by atoms with Gasteiger partial charge >= 0.3 is 0 Å². The molecule has 2 N–H and O–H groups in total. The summed E-state index contributed by atoms with van der Waals surface area (Å²) in [6.07, 6.45) is 0. The lowest BCUT2D eigenvalue weighted by Crippen LogP contribution is -2.49. The quantitative estimate of drug-likeness (QED) is 0.425. The number of anilines is 1. The fourth-order valence-corrected chi connectivity index (χ4v) is 2.75. The number of para-hydroxylation sites is 1. The third-order valence-corrected chi connectivity index (χ3v) is 4.22. The summed E-state index contributed by atoms with van der Waals surface area (Å²) in [6.45, 7) is 8.95. The number of amides is 1. The Morgan fingerprint density at radius 2 is 1.71 bits per heavy atom. The van der Waals surface area contributed by atoms with Gasteiger partial charge in [0.1, 0.15) is 6.54 Å². The molecule has 0 bridgehead atoms. The second-order valence-corrected chi connectivity index (χ2v) is 5.55. The van der Waals surface area contributed by atoms with Crippen LogP contribution in [0.3, 0.4) is 0 Å². The minimum absolute atomic E-state index is 0. The molecule has 0 aliphatic carbocycles. The molecule has 0 unspecified atom stereocenters. The lowest BCUT2D eigenvalue weighted by atomic mass is 10.2. The Balaban J connectivity index is 0.00000288. The Labute approximate surface area is 161 Å². The van der Waals surface area contributed by atoms with Crippen molar-refractivity contribution in [2.75, 3.05) is 50.7 Å². The highest BCUT2D eigenvalue weighted by molar-refractivity contribution is 14.0. The summed E-state index contributed by atoms with van der Waals surface area (Å²) >= 11 is 0. The first kappa shape index (κ1) is 20.5. The van der Waals surface area contributed by atoms with Crippen LogP contribution in [0.25, 0.3) is 0 Å². The Morgan fingerprint density at radius 3 is 2.25 bits per heavy atom. The molecule has 1 aliphatic rings. The fraction of sp³-hybridized carbons (Fsp3) is 0.529. The number of benzene rings is 1. The summed E-state index contributed by atoms with van der Waals surface area (Å²) < 4.78 is 0. The van der Waals surface area contributed by atoms with Gasteiger partial charge in [-0.15, -0.1) is 24.0 Å². The molecule has 1 aromatic rings. The van der Waals surface area contributed by atoms with Gasteiger partial charge in [0.15, 0.2) is 5.96 Å². The van der Waals surface area contributed by atoms with Crippen molar-refractivity contribution in [2.24, 2.45) is 10.7 Å². The number of carbonyl (C=O) groups is 1. The van der Waals surface area contributed by atoms with Crippen molar-refractivity contribution >= 4 is 41.5 Å². The third-order valence-electron chi connectivity index (χ3n) is 4.22. The SMILES string of the molecule is CCN(CC)C(N)=NCC(=O)N1CCN(c2ccccc2)CC1.I. The predicted octanol–water partition coefficient (Wildman–Crippen LogP) is 1.61. The minimum atomic E-state index is 0. The van der Waals surface area contributed by atoms with E-state index in [1.165, 1.54) is 5.69 Å². The highest BCUT2D eigenvalue weighted by Crippen LogP contribution is 2.15. The van der Waals surface area contributed by atoms with E-state index < -0.39 is 0 Å². The number of rotatable bonds is 5. The maximum Gasteiger partial charge on any atom is 0.244 e. The Morgan fingerprint density at radius 1 is 1.12 bits per heavy atom. The zero-order valence-corrected chi connectivity index (χ0v) is 16.8. The van der Waals surface area contributed by atoms with Gasteiger partial charge in [-0.1, -0.05) is 18.2 Å². The zero-order chi connectivity index (χ0) is 16.7. The Kier molecular flexibility index (Phi) is 8.88. The summed E-state index contributed by atoms with van der Waals surface area (Å²) in [4.78, 5) is 22.6. The van der Waals surface area contributed by atoms with Crippen molar-refractivity contribution in [3.63, 3.8) is 0 Å². The van der Waals surface area contributed by atoms with E-state index in [9.17, 15) is 4.79 Å². The summed E-state index contributed by atoms with van der Waals surface area (Å²) in [5.74, 6) is 0.499. The number of hydrogen-bond donors (Lipinski definition) is 1. The number of carbonyl (C=O) groups excluding carboxylic acids is 1. The highest BCUT2D eigenvalue weighted by atomic mass is 127. The second kappa shape index (κ2) is 10.4. The number of hydrogen-bond acceptors (Lipinski definition) is 3. The van der Waals surface area contributed by atoms with E-state index in [0.717, 1.165) is 39.3 Å². The molecule has 6 nitrogen and oxygen atoms in total. The van der Waals surface area contributed by atoms with Crippen molar-refractivity contribution in [2.45, 2.75) is 13.8 Å². The van der Waals surface area contributed by atoms with Crippen LogP contribution < -0.4 is 10.6 Å². The number of halogens is 1. The lowest BCUT2D eigenvalue weighted by Gasteiger charge is -2.36. The van der Waals surface area contributed by atoms with E-state index in [-0.39, 0.29) is 36.4 Å². The molecule has 0 atom stereocenters. The monoisotopic (exact) mass is 445 g/mol. The number of aliphatic imine (C=N–C) groups is 1. The molecule has 1 heterocycles. The summed E-state index contributed by atoms with van der Waals surface area (Å²) in [5, 5.41) is 0. The molecule has 134 valence electrons. The number of guanidine groups is 1. The van der Waals surface area contributed by atoms with Crippen LogP contribution in [0.15, 0.2) is 35.3 Å². The minimum Gasteiger partial charge on any atom is -0.370 e. The van der Waals surface area contributed by atoms with E-state index in [1.54, 1.807) is 0 Å². The van der Waals surface area contributed by atoms with Crippen LogP contribution in [0.1, 0.15) is 13.8 Å². The lowest BCUT2D eigenvalue weighted by molar-refractivity contribution is -0.129. The first-order valence-electron chi connectivity index (χ1n) is 8.28. The maximum absolute atomic E-state index is 12.3. The smallest absolute Gasteiger partial charge is 0.244 e. The van der Waals surface area contributed by atoms with Crippen molar-refractivity contribution in [3.8, 4) is 0 Å². The summed E-state index contributed by atoms with van der Waals surface area (Å²) in [6, 6.07) is 10.3. The first-order chi connectivity index (χ1) is 11.2. The number of nitrogens with zero attached hydrogens (tertiary/aromatic N) is 4. The van der Waals surface area contributed by atoms with Crippen LogP contribution >= 0.6 is 24.0 Å². The molecule has 1 aliphatic heterocycles. The molecule has 1 aromatic carbocycles. The summed E-state index contributed by atoms with van der Waals surface area (Å²) in [7, 11) is 0. The van der Waals surface area contributed by atoms with E-state index in [2.05, 4.69) is 22.0 Å². The molecule has 0 radical (unpaired) electrons. The van der Waals surface area contributed by atoms with Crippen molar-refractivity contribution < 1.29 is 4.79 Å². The Bertz CT molecular complexity index is 525. The second-order valence-electron chi connectivity index (χ2n) is 5.55. The molecule has 0 saturated carbocycles. The van der Waals surface area contributed by atoms with Crippen molar-refractivity contribution in [3.05, 3.63) is 30.3 Å². The molecule has 1 amide bonds. The summed E-state index contributed by atoms with van der Waals surface area (Å²) in [5.41, 5.74) is 7.12. The first-order valence-corrected chi connectivity index (χ1v) is 8.28. The molecule has 0 aromatic heterocycles. The van der Waals surface area contributed by atoms with Gasteiger partial charge in [0.25, 0.3) is 0 Å². The average molecular weight is 445 g/mol. The van der Waals surface area contributed by atoms with Gasteiger partial charge in [0.2, 0.25) is 5.91 Å². The third kappa shape index (κ3) is 5.54. The molecule has 24 heavy (non-hydrogen) atoms. The highest BCUT2D eigenvalue weighted by Gasteiger charge is 2.21. The van der Waals surface area contributed by atoms with Gasteiger partial charge in [-0.25, -0.2) is 4.99 Å². The van der Waals surface area contributed by atoms with E-state index in [0.29, 0.717) is 5.96 Å². The van der Waals surface area contributed by atoms with Crippen LogP contribution in [0.5, 0.6) is 0 Å². The predicted molar refractivity (Wildman–Crippen MR) is 110 cm³/mol. The van der Waals surface area contributed by atoms with Crippen LogP contribution in [-0.4, -0.2) is 67.5 Å². The number of nitrogens with two attached hydrogens (primary N) is 1. The Hall–Kier alpha value is -1.51. The molecular formula is C17H28IN5O. The van der Waals surface area contributed by atoms with Gasteiger partial charge in [-0.05, 0) is 26.0 Å². The van der Waals surface area contributed by atoms with Crippen molar-refractivity contribution in [1.29, 1.82) is 0 Å². The molecule has 1 saturated heterocycles. The average Bonchev–Trinajstić information content (AvgIpc) is 2.61. The molecule has 0 spiro atoms. The van der Waals surface area contributed by atoms with Crippen LogP contribution in [-0.2, 0) is 4.79 Å².